The van der Waals surface area contributed by atoms with Crippen molar-refractivity contribution in [3.8, 4) is 0 Å². The van der Waals surface area contributed by atoms with E-state index in [4.69, 9.17) is 11.6 Å². The van der Waals surface area contributed by atoms with Gasteiger partial charge in [0.1, 0.15) is 5.15 Å². The number of aryl methyl sites for hydroxylation is 1. The standard InChI is InChI=1S/C14H23ClN4O/c1-18(2)9-10-6-4-5-7-11(10)16-14(20)12-8-13(15)19(3)17-12/h8,10-11H,4-7,9H2,1-3H3,(H,16,20)/t10-,11-/m1/s1. The van der Waals surface area contributed by atoms with Gasteiger partial charge in [-0.05, 0) is 32.9 Å². The van der Waals surface area contributed by atoms with Crippen LogP contribution >= 0.6 is 11.6 Å². The van der Waals surface area contributed by atoms with E-state index in [-0.39, 0.29) is 11.9 Å². The van der Waals surface area contributed by atoms with Gasteiger partial charge in [-0.3, -0.25) is 9.48 Å². The maximum atomic E-state index is 12.3. The largest absolute Gasteiger partial charge is 0.348 e. The van der Waals surface area contributed by atoms with Crippen molar-refractivity contribution < 1.29 is 4.79 Å². The van der Waals surface area contributed by atoms with E-state index in [0.29, 0.717) is 16.8 Å². The average Bonchev–Trinajstić information content (AvgIpc) is 2.71. The lowest BCUT2D eigenvalue weighted by Gasteiger charge is -2.33. The molecule has 1 saturated carbocycles. The van der Waals surface area contributed by atoms with Crippen LogP contribution < -0.4 is 5.32 Å². The predicted molar refractivity (Wildman–Crippen MR) is 80.0 cm³/mol. The molecule has 0 bridgehead atoms. The summed E-state index contributed by atoms with van der Waals surface area (Å²) in [6.07, 6.45) is 4.65. The smallest absolute Gasteiger partial charge is 0.272 e. The first-order chi connectivity index (χ1) is 9.47. The number of hydrogen-bond acceptors (Lipinski definition) is 3. The van der Waals surface area contributed by atoms with E-state index in [0.717, 1.165) is 13.0 Å². The number of rotatable bonds is 4. The van der Waals surface area contributed by atoms with Gasteiger partial charge in [0.15, 0.2) is 5.69 Å². The van der Waals surface area contributed by atoms with Gasteiger partial charge in [-0.1, -0.05) is 24.4 Å². The second kappa shape index (κ2) is 6.59. The van der Waals surface area contributed by atoms with Crippen LogP contribution in [-0.4, -0.2) is 47.3 Å². The van der Waals surface area contributed by atoms with Crippen LogP contribution in [-0.2, 0) is 7.05 Å². The molecular formula is C14H23ClN4O. The van der Waals surface area contributed by atoms with Gasteiger partial charge >= 0.3 is 0 Å². The van der Waals surface area contributed by atoms with E-state index in [1.165, 1.54) is 23.9 Å². The first-order valence-corrected chi connectivity index (χ1v) is 7.50. The normalized spacial score (nSPS) is 23.1. The molecule has 1 aromatic heterocycles. The maximum Gasteiger partial charge on any atom is 0.272 e. The van der Waals surface area contributed by atoms with Crippen LogP contribution in [0.15, 0.2) is 6.07 Å². The molecule has 0 unspecified atom stereocenters. The van der Waals surface area contributed by atoms with E-state index in [1.54, 1.807) is 13.1 Å². The lowest BCUT2D eigenvalue weighted by molar-refractivity contribution is 0.0889. The molecule has 1 fully saturated rings. The molecule has 0 radical (unpaired) electrons. The van der Waals surface area contributed by atoms with E-state index < -0.39 is 0 Å². The first kappa shape index (κ1) is 15.3. The van der Waals surface area contributed by atoms with Crippen molar-refractivity contribution in [1.29, 1.82) is 0 Å². The molecule has 0 aromatic carbocycles. The van der Waals surface area contributed by atoms with Gasteiger partial charge in [0.25, 0.3) is 5.91 Å². The summed E-state index contributed by atoms with van der Waals surface area (Å²) >= 11 is 5.93. The molecule has 2 rings (SSSR count). The molecule has 6 heteroatoms. The van der Waals surface area contributed by atoms with Crippen molar-refractivity contribution in [2.75, 3.05) is 20.6 Å². The zero-order valence-corrected chi connectivity index (χ0v) is 13.2. The molecule has 20 heavy (non-hydrogen) atoms. The zero-order chi connectivity index (χ0) is 14.7. The van der Waals surface area contributed by atoms with Crippen LogP contribution in [0.5, 0.6) is 0 Å². The number of aromatic nitrogens is 2. The van der Waals surface area contributed by atoms with Crippen LogP contribution in [0.25, 0.3) is 0 Å². The molecule has 0 aliphatic heterocycles. The Morgan fingerprint density at radius 2 is 2.20 bits per heavy atom. The average molecular weight is 299 g/mol. The fourth-order valence-electron chi connectivity index (χ4n) is 2.88. The zero-order valence-electron chi connectivity index (χ0n) is 12.4. The lowest BCUT2D eigenvalue weighted by Crippen LogP contribution is -2.45. The maximum absolute atomic E-state index is 12.3. The molecule has 1 aromatic rings. The molecule has 112 valence electrons. The number of hydrogen-bond donors (Lipinski definition) is 1. The molecule has 0 saturated heterocycles. The number of carbonyl (C=O) groups excluding carboxylic acids is 1. The minimum absolute atomic E-state index is 0.122. The minimum Gasteiger partial charge on any atom is -0.348 e. The highest BCUT2D eigenvalue weighted by molar-refractivity contribution is 6.29. The minimum atomic E-state index is -0.122. The number of halogens is 1. The van der Waals surface area contributed by atoms with Gasteiger partial charge in [0.05, 0.1) is 0 Å². The Morgan fingerprint density at radius 3 is 2.80 bits per heavy atom. The summed E-state index contributed by atoms with van der Waals surface area (Å²) < 4.78 is 1.51. The highest BCUT2D eigenvalue weighted by Gasteiger charge is 2.27. The fraction of sp³-hybridized carbons (Fsp3) is 0.714. The Hall–Kier alpha value is -1.07. The SMILES string of the molecule is CN(C)C[C@H]1CCCC[C@H]1NC(=O)c1cc(Cl)n(C)n1. The van der Waals surface area contributed by atoms with Crippen molar-refractivity contribution in [2.45, 2.75) is 31.7 Å². The third-order valence-electron chi connectivity index (χ3n) is 3.88. The number of nitrogens with zero attached hydrogens (tertiary/aromatic N) is 3. The van der Waals surface area contributed by atoms with Crippen LogP contribution in [0, 0.1) is 5.92 Å². The molecule has 1 heterocycles. The van der Waals surface area contributed by atoms with Crippen LogP contribution in [0.2, 0.25) is 5.15 Å². The molecule has 5 nitrogen and oxygen atoms in total. The third kappa shape index (κ3) is 3.73. The molecule has 1 amide bonds. The Bertz CT molecular complexity index is 452. The van der Waals surface area contributed by atoms with Crippen molar-refractivity contribution in [3.63, 3.8) is 0 Å². The summed E-state index contributed by atoms with van der Waals surface area (Å²) in [7, 11) is 5.88. The summed E-state index contributed by atoms with van der Waals surface area (Å²) in [6, 6.07) is 1.85. The quantitative estimate of drug-likeness (QED) is 0.924. The van der Waals surface area contributed by atoms with Gasteiger partial charge in [0.2, 0.25) is 0 Å². The Kier molecular flexibility index (Phi) is 5.05. The van der Waals surface area contributed by atoms with E-state index in [9.17, 15) is 4.79 Å². The number of carbonyl (C=O) groups is 1. The molecular weight excluding hydrogens is 276 g/mol. The Morgan fingerprint density at radius 1 is 1.50 bits per heavy atom. The molecule has 2 atom stereocenters. The van der Waals surface area contributed by atoms with Crippen molar-refractivity contribution in [1.82, 2.24) is 20.0 Å². The summed E-state index contributed by atoms with van der Waals surface area (Å²) in [5.41, 5.74) is 0.395. The predicted octanol–water partition coefficient (Wildman–Crippen LogP) is 1.92. The van der Waals surface area contributed by atoms with Crippen molar-refractivity contribution in [3.05, 3.63) is 16.9 Å². The number of amides is 1. The van der Waals surface area contributed by atoms with Gasteiger partial charge < -0.3 is 10.2 Å². The van der Waals surface area contributed by atoms with Gasteiger partial charge in [0, 0.05) is 25.7 Å². The van der Waals surface area contributed by atoms with Gasteiger partial charge in [-0.2, -0.15) is 5.10 Å². The summed E-state index contributed by atoms with van der Waals surface area (Å²) in [6.45, 7) is 1.01. The van der Waals surface area contributed by atoms with E-state index in [1.807, 2.05) is 0 Å². The third-order valence-corrected chi connectivity index (χ3v) is 4.23. The second-order valence-corrected chi connectivity index (χ2v) is 6.25. The second-order valence-electron chi connectivity index (χ2n) is 5.86. The highest BCUT2D eigenvalue weighted by atomic mass is 35.5. The summed E-state index contributed by atoms with van der Waals surface area (Å²) in [4.78, 5) is 14.4. The Labute approximate surface area is 125 Å². The molecule has 1 aliphatic carbocycles. The topological polar surface area (TPSA) is 50.2 Å². The summed E-state index contributed by atoms with van der Waals surface area (Å²) in [5.74, 6) is 0.394. The van der Waals surface area contributed by atoms with Crippen LogP contribution in [0.4, 0.5) is 0 Å². The monoisotopic (exact) mass is 298 g/mol. The lowest BCUT2D eigenvalue weighted by atomic mass is 9.84. The fourth-order valence-corrected chi connectivity index (χ4v) is 3.02. The van der Waals surface area contributed by atoms with E-state index in [2.05, 4.69) is 29.4 Å². The Balaban J connectivity index is 2.00. The van der Waals surface area contributed by atoms with Gasteiger partial charge in [-0.25, -0.2) is 0 Å². The molecule has 1 N–H and O–H groups in total. The van der Waals surface area contributed by atoms with Crippen LogP contribution in [0.1, 0.15) is 36.2 Å². The molecule has 0 spiro atoms. The highest BCUT2D eigenvalue weighted by Crippen LogP contribution is 2.25. The van der Waals surface area contributed by atoms with Crippen molar-refractivity contribution in [2.24, 2.45) is 13.0 Å². The molecule has 1 aliphatic rings. The van der Waals surface area contributed by atoms with Gasteiger partial charge in [-0.15, -0.1) is 0 Å². The van der Waals surface area contributed by atoms with Crippen LogP contribution in [0.3, 0.4) is 0 Å². The summed E-state index contributed by atoms with van der Waals surface area (Å²) in [5, 5.41) is 7.73. The number of nitrogens with one attached hydrogen (secondary N) is 1. The van der Waals surface area contributed by atoms with E-state index >= 15 is 0 Å². The van der Waals surface area contributed by atoms with Crippen molar-refractivity contribution >= 4 is 17.5 Å². The first-order valence-electron chi connectivity index (χ1n) is 7.12.